The zero-order chi connectivity index (χ0) is 11.8. The van der Waals surface area contributed by atoms with Gasteiger partial charge in [0.1, 0.15) is 0 Å². The molecule has 1 N–H and O–H groups in total. The van der Waals surface area contributed by atoms with Crippen molar-refractivity contribution in [2.24, 2.45) is 5.92 Å². The Morgan fingerprint density at radius 2 is 2.12 bits per heavy atom. The molecule has 0 aromatic heterocycles. The van der Waals surface area contributed by atoms with E-state index >= 15 is 0 Å². The van der Waals surface area contributed by atoms with Crippen molar-refractivity contribution in [2.75, 3.05) is 6.61 Å². The molecule has 1 saturated carbocycles. The Hall–Kier alpha value is -0.570. The number of carbonyl (C=O) groups is 1. The van der Waals surface area contributed by atoms with Gasteiger partial charge in [-0.15, -0.1) is 0 Å². The fourth-order valence-corrected chi connectivity index (χ4v) is 2.33. The highest BCUT2D eigenvalue weighted by Gasteiger charge is 2.18. The van der Waals surface area contributed by atoms with Gasteiger partial charge in [-0.2, -0.15) is 0 Å². The molecule has 1 fully saturated rings. The van der Waals surface area contributed by atoms with Crippen molar-refractivity contribution < 1.29 is 14.6 Å². The zero-order valence-electron chi connectivity index (χ0n) is 10.3. The molecule has 2 atom stereocenters. The summed E-state index contributed by atoms with van der Waals surface area (Å²) in [5.41, 5.74) is 0. The molecule has 0 radical (unpaired) electrons. The number of hydrogen-bond donors (Lipinski definition) is 1. The van der Waals surface area contributed by atoms with Crippen molar-refractivity contribution >= 4 is 5.97 Å². The lowest BCUT2D eigenvalue weighted by Gasteiger charge is -2.26. The third-order valence-corrected chi connectivity index (χ3v) is 3.28. The lowest BCUT2D eigenvalue weighted by Crippen LogP contribution is -2.21. The fourth-order valence-electron chi connectivity index (χ4n) is 2.33. The van der Waals surface area contributed by atoms with Crippen LogP contribution >= 0.6 is 0 Å². The standard InChI is InChI=1S/C13H24O3/c1-11-6-5-7-12(10-11)16-9-4-2-3-8-13(14)15/h11-12H,2-10H2,1H3,(H,14,15)/t11-,12+/m0/s1. The fraction of sp³-hybridized carbons (Fsp3) is 0.923. The van der Waals surface area contributed by atoms with Gasteiger partial charge in [-0.25, -0.2) is 0 Å². The van der Waals surface area contributed by atoms with Gasteiger partial charge in [0.15, 0.2) is 0 Å². The average molecular weight is 228 g/mol. The molecule has 0 aliphatic heterocycles. The quantitative estimate of drug-likeness (QED) is 0.680. The Morgan fingerprint density at radius 1 is 1.31 bits per heavy atom. The summed E-state index contributed by atoms with van der Waals surface area (Å²) in [6.45, 7) is 3.10. The molecule has 1 aliphatic carbocycles. The SMILES string of the molecule is C[C@H]1CCC[C@@H](OCCCCCC(=O)O)C1. The molecule has 0 unspecified atom stereocenters. The molecule has 0 saturated heterocycles. The van der Waals surface area contributed by atoms with Crippen molar-refractivity contribution in [3.63, 3.8) is 0 Å². The van der Waals surface area contributed by atoms with E-state index in [-0.39, 0.29) is 0 Å². The highest BCUT2D eigenvalue weighted by atomic mass is 16.5. The van der Waals surface area contributed by atoms with E-state index in [1.807, 2.05) is 0 Å². The van der Waals surface area contributed by atoms with Gasteiger partial charge in [0.05, 0.1) is 6.10 Å². The lowest BCUT2D eigenvalue weighted by molar-refractivity contribution is -0.137. The molecule has 16 heavy (non-hydrogen) atoms. The minimum Gasteiger partial charge on any atom is -0.481 e. The summed E-state index contributed by atoms with van der Waals surface area (Å²) in [5, 5.41) is 8.47. The van der Waals surface area contributed by atoms with E-state index in [1.165, 1.54) is 25.7 Å². The van der Waals surface area contributed by atoms with E-state index in [0.29, 0.717) is 12.5 Å². The molecular weight excluding hydrogens is 204 g/mol. The minimum absolute atomic E-state index is 0.292. The first kappa shape index (κ1) is 13.5. The van der Waals surface area contributed by atoms with Crippen molar-refractivity contribution in [1.82, 2.24) is 0 Å². The predicted octanol–water partition coefficient (Wildman–Crippen LogP) is 3.23. The van der Waals surface area contributed by atoms with Crippen molar-refractivity contribution in [2.45, 2.75) is 64.4 Å². The second-order valence-electron chi connectivity index (χ2n) is 4.97. The molecule has 1 rings (SSSR count). The number of hydrogen-bond acceptors (Lipinski definition) is 2. The normalized spacial score (nSPS) is 25.6. The smallest absolute Gasteiger partial charge is 0.303 e. The Bertz CT molecular complexity index is 203. The van der Waals surface area contributed by atoms with Gasteiger partial charge in [-0.05, 0) is 31.6 Å². The number of unbranched alkanes of at least 4 members (excludes halogenated alkanes) is 2. The largest absolute Gasteiger partial charge is 0.481 e. The number of carboxylic acid groups (broad SMARTS) is 1. The van der Waals surface area contributed by atoms with Gasteiger partial charge in [-0.1, -0.05) is 26.2 Å². The molecule has 0 amide bonds. The second kappa shape index (κ2) is 7.66. The first-order valence-corrected chi connectivity index (χ1v) is 6.52. The van der Waals surface area contributed by atoms with Crippen LogP contribution in [0.5, 0.6) is 0 Å². The van der Waals surface area contributed by atoms with E-state index in [0.717, 1.165) is 31.8 Å². The first-order chi connectivity index (χ1) is 7.68. The number of aliphatic carboxylic acids is 1. The molecule has 3 heteroatoms. The Morgan fingerprint density at radius 3 is 2.81 bits per heavy atom. The van der Waals surface area contributed by atoms with Crippen LogP contribution in [0.1, 0.15) is 58.3 Å². The maximum Gasteiger partial charge on any atom is 0.303 e. The van der Waals surface area contributed by atoms with Gasteiger partial charge < -0.3 is 9.84 Å². The van der Waals surface area contributed by atoms with Crippen LogP contribution in [0.3, 0.4) is 0 Å². The second-order valence-corrected chi connectivity index (χ2v) is 4.97. The predicted molar refractivity (Wildman–Crippen MR) is 63.5 cm³/mol. The van der Waals surface area contributed by atoms with Gasteiger partial charge in [0, 0.05) is 13.0 Å². The van der Waals surface area contributed by atoms with Gasteiger partial charge in [0.2, 0.25) is 0 Å². The Balaban J connectivity index is 1.92. The monoisotopic (exact) mass is 228 g/mol. The molecule has 3 nitrogen and oxygen atoms in total. The average Bonchev–Trinajstić information content (AvgIpc) is 2.23. The van der Waals surface area contributed by atoms with Gasteiger partial charge in [0.25, 0.3) is 0 Å². The summed E-state index contributed by atoms with van der Waals surface area (Å²) in [7, 11) is 0. The molecule has 0 heterocycles. The van der Waals surface area contributed by atoms with Crippen LogP contribution in [0.25, 0.3) is 0 Å². The summed E-state index contributed by atoms with van der Waals surface area (Å²) in [5.74, 6) is 0.118. The molecular formula is C13H24O3. The van der Waals surface area contributed by atoms with Crippen LogP contribution in [0.2, 0.25) is 0 Å². The van der Waals surface area contributed by atoms with E-state index < -0.39 is 5.97 Å². The summed E-state index contributed by atoms with van der Waals surface area (Å²) < 4.78 is 5.81. The molecule has 1 aliphatic rings. The summed E-state index contributed by atoms with van der Waals surface area (Å²) in [4.78, 5) is 10.3. The lowest BCUT2D eigenvalue weighted by atomic mass is 9.89. The van der Waals surface area contributed by atoms with Crippen molar-refractivity contribution in [3.05, 3.63) is 0 Å². The van der Waals surface area contributed by atoms with E-state index in [1.54, 1.807) is 0 Å². The number of carboxylic acids is 1. The van der Waals surface area contributed by atoms with Crippen LogP contribution in [0, 0.1) is 5.92 Å². The van der Waals surface area contributed by atoms with E-state index in [4.69, 9.17) is 9.84 Å². The maximum absolute atomic E-state index is 10.3. The van der Waals surface area contributed by atoms with Crippen molar-refractivity contribution in [3.8, 4) is 0 Å². The number of ether oxygens (including phenoxy) is 1. The summed E-state index contributed by atoms with van der Waals surface area (Å²) in [6, 6.07) is 0. The van der Waals surface area contributed by atoms with Crippen LogP contribution in [-0.4, -0.2) is 23.8 Å². The highest BCUT2D eigenvalue weighted by Crippen LogP contribution is 2.25. The molecule has 0 spiro atoms. The zero-order valence-corrected chi connectivity index (χ0v) is 10.3. The van der Waals surface area contributed by atoms with E-state index in [2.05, 4.69) is 6.92 Å². The Kier molecular flexibility index (Phi) is 6.46. The van der Waals surface area contributed by atoms with Gasteiger partial charge in [-0.3, -0.25) is 4.79 Å². The summed E-state index contributed by atoms with van der Waals surface area (Å²) >= 11 is 0. The maximum atomic E-state index is 10.3. The van der Waals surface area contributed by atoms with Crippen LogP contribution in [0.4, 0.5) is 0 Å². The van der Waals surface area contributed by atoms with Crippen LogP contribution < -0.4 is 0 Å². The molecule has 0 bridgehead atoms. The van der Waals surface area contributed by atoms with Gasteiger partial charge >= 0.3 is 5.97 Å². The summed E-state index contributed by atoms with van der Waals surface area (Å²) in [6.07, 6.45) is 8.55. The van der Waals surface area contributed by atoms with Crippen LogP contribution in [0.15, 0.2) is 0 Å². The first-order valence-electron chi connectivity index (χ1n) is 6.52. The third-order valence-electron chi connectivity index (χ3n) is 3.28. The topological polar surface area (TPSA) is 46.5 Å². The minimum atomic E-state index is -0.693. The molecule has 0 aromatic carbocycles. The third kappa shape index (κ3) is 6.11. The number of rotatable bonds is 7. The molecule has 0 aromatic rings. The van der Waals surface area contributed by atoms with E-state index in [9.17, 15) is 4.79 Å². The molecule has 94 valence electrons. The Labute approximate surface area is 98.2 Å². The highest BCUT2D eigenvalue weighted by molar-refractivity contribution is 5.66. The van der Waals surface area contributed by atoms with Crippen molar-refractivity contribution in [1.29, 1.82) is 0 Å². The van der Waals surface area contributed by atoms with Crippen LogP contribution in [-0.2, 0) is 9.53 Å².